The molecule has 160 valence electrons. The van der Waals surface area contributed by atoms with Gasteiger partial charge in [0, 0.05) is 35.9 Å². The van der Waals surface area contributed by atoms with Crippen molar-refractivity contribution in [1.29, 1.82) is 0 Å². The summed E-state index contributed by atoms with van der Waals surface area (Å²) in [6.07, 6.45) is 1.85. The van der Waals surface area contributed by atoms with E-state index in [4.69, 9.17) is 9.15 Å². The highest BCUT2D eigenvalue weighted by molar-refractivity contribution is 7.98. The highest BCUT2D eigenvalue weighted by Gasteiger charge is 2.26. The van der Waals surface area contributed by atoms with Crippen LogP contribution in [0.1, 0.15) is 5.56 Å². The summed E-state index contributed by atoms with van der Waals surface area (Å²) >= 11 is 1.37. The van der Waals surface area contributed by atoms with Crippen LogP contribution in [-0.2, 0) is 20.5 Å². The molecule has 1 saturated heterocycles. The number of fused-ring (bicyclic) bond motifs is 1. The van der Waals surface area contributed by atoms with Crippen LogP contribution in [0.5, 0.6) is 0 Å². The average Bonchev–Trinajstić information content (AvgIpc) is 3.45. The number of benzene rings is 2. The predicted molar refractivity (Wildman–Crippen MR) is 117 cm³/mol. The first-order valence-electron chi connectivity index (χ1n) is 9.81. The number of thioether (sulfide) groups is 1. The summed E-state index contributed by atoms with van der Waals surface area (Å²) in [6.45, 7) is 1.59. The fraction of sp³-hybridized carbons (Fsp3) is 0.238. The van der Waals surface area contributed by atoms with Crippen LogP contribution in [0.25, 0.3) is 22.4 Å². The zero-order valence-electron chi connectivity index (χ0n) is 16.5. The van der Waals surface area contributed by atoms with Gasteiger partial charge in [-0.3, -0.25) is 0 Å². The van der Waals surface area contributed by atoms with Gasteiger partial charge in [0.25, 0.3) is 11.1 Å². The number of sulfonamides is 1. The molecule has 1 aliphatic rings. The molecule has 10 heteroatoms. The highest BCUT2D eigenvalue weighted by Crippen LogP contribution is 2.31. The topological polar surface area (TPSA) is 101 Å². The summed E-state index contributed by atoms with van der Waals surface area (Å²) in [5.41, 5.74) is 2.72. The van der Waals surface area contributed by atoms with Gasteiger partial charge in [0.2, 0.25) is 10.0 Å². The van der Waals surface area contributed by atoms with Gasteiger partial charge in [-0.1, -0.05) is 42.1 Å². The molecule has 2 aromatic heterocycles. The molecule has 0 bridgehead atoms. The summed E-state index contributed by atoms with van der Waals surface area (Å²) in [5, 5.41) is 9.75. The quantitative estimate of drug-likeness (QED) is 0.443. The maximum absolute atomic E-state index is 12.9. The molecular weight excluding hydrogens is 436 g/mol. The van der Waals surface area contributed by atoms with Crippen molar-refractivity contribution in [2.75, 3.05) is 26.3 Å². The maximum Gasteiger partial charge on any atom is 0.277 e. The third kappa shape index (κ3) is 4.11. The molecule has 4 aromatic rings. The van der Waals surface area contributed by atoms with E-state index in [9.17, 15) is 8.42 Å². The number of morpholine rings is 1. The van der Waals surface area contributed by atoms with Gasteiger partial charge in [-0.25, -0.2) is 8.42 Å². The van der Waals surface area contributed by atoms with Crippen LogP contribution in [0, 0.1) is 0 Å². The van der Waals surface area contributed by atoms with Crippen LogP contribution < -0.4 is 0 Å². The Balaban J connectivity index is 1.30. The molecule has 0 unspecified atom stereocenters. The summed E-state index contributed by atoms with van der Waals surface area (Å²) in [6, 6.07) is 14.9. The van der Waals surface area contributed by atoms with E-state index in [-0.39, 0.29) is 4.90 Å². The van der Waals surface area contributed by atoms with E-state index < -0.39 is 10.0 Å². The third-order valence-corrected chi connectivity index (χ3v) is 7.88. The minimum Gasteiger partial charge on any atom is -0.411 e. The Labute approximate surface area is 183 Å². The molecule has 0 amide bonds. The molecule has 31 heavy (non-hydrogen) atoms. The van der Waals surface area contributed by atoms with Crippen molar-refractivity contribution in [2.24, 2.45) is 0 Å². The van der Waals surface area contributed by atoms with Crippen LogP contribution in [0.15, 0.2) is 69.3 Å². The second-order valence-electron chi connectivity index (χ2n) is 7.07. The van der Waals surface area contributed by atoms with Crippen molar-refractivity contribution in [3.8, 4) is 11.5 Å². The average molecular weight is 457 g/mol. The Morgan fingerprint density at radius 2 is 1.90 bits per heavy atom. The van der Waals surface area contributed by atoms with Gasteiger partial charge in [0.05, 0.1) is 23.7 Å². The Hall–Kier alpha value is -2.66. The Bertz CT molecular complexity index is 1310. The summed E-state index contributed by atoms with van der Waals surface area (Å²) in [5.74, 6) is 0.964. The van der Waals surface area contributed by atoms with Gasteiger partial charge in [-0.2, -0.15) is 4.31 Å². The molecule has 0 atom stereocenters. The lowest BCUT2D eigenvalue weighted by molar-refractivity contribution is 0.0730. The first kappa shape index (κ1) is 20.3. The van der Waals surface area contributed by atoms with Crippen molar-refractivity contribution in [2.45, 2.75) is 15.9 Å². The summed E-state index contributed by atoms with van der Waals surface area (Å²) < 4.78 is 38.3. The largest absolute Gasteiger partial charge is 0.411 e. The minimum atomic E-state index is -3.52. The second kappa shape index (κ2) is 8.46. The molecule has 8 nitrogen and oxygen atoms in total. The van der Waals surface area contributed by atoms with Crippen molar-refractivity contribution in [3.05, 3.63) is 60.3 Å². The highest BCUT2D eigenvalue weighted by atomic mass is 32.2. The first-order valence-corrected chi connectivity index (χ1v) is 12.2. The van der Waals surface area contributed by atoms with Gasteiger partial charge >= 0.3 is 0 Å². The van der Waals surface area contributed by atoms with Crippen LogP contribution in [0.4, 0.5) is 0 Å². The lowest BCUT2D eigenvalue weighted by Gasteiger charge is -2.26. The number of H-pyrrole nitrogens is 1. The second-order valence-corrected chi connectivity index (χ2v) is 9.94. The molecule has 0 spiro atoms. The van der Waals surface area contributed by atoms with Crippen LogP contribution in [0.2, 0.25) is 0 Å². The number of hydrogen-bond donors (Lipinski definition) is 1. The molecule has 1 aliphatic heterocycles. The van der Waals surface area contributed by atoms with Crippen molar-refractivity contribution >= 4 is 32.7 Å². The van der Waals surface area contributed by atoms with E-state index in [1.165, 1.54) is 16.1 Å². The number of aromatic nitrogens is 3. The SMILES string of the molecule is O=S(=O)(c1cccc(CSc2nnc(-c3c[nH]c4ccccc34)o2)c1)N1CCOCC1. The first-order chi connectivity index (χ1) is 15.1. The molecular formula is C21H20N4O4S2. The van der Waals surface area contributed by atoms with Crippen molar-refractivity contribution < 1.29 is 17.6 Å². The Morgan fingerprint density at radius 1 is 1.06 bits per heavy atom. The predicted octanol–water partition coefficient (Wildman–Crippen LogP) is 3.53. The van der Waals surface area contributed by atoms with Crippen LogP contribution in [0.3, 0.4) is 0 Å². The zero-order valence-corrected chi connectivity index (χ0v) is 18.2. The van der Waals surface area contributed by atoms with E-state index >= 15 is 0 Å². The lowest BCUT2D eigenvalue weighted by Crippen LogP contribution is -2.40. The molecule has 5 rings (SSSR count). The zero-order chi connectivity index (χ0) is 21.3. The van der Waals surface area contributed by atoms with Crippen LogP contribution in [-0.4, -0.2) is 54.2 Å². The van der Waals surface area contributed by atoms with Gasteiger partial charge in [-0.05, 0) is 23.8 Å². The molecule has 0 radical (unpaired) electrons. The molecule has 3 heterocycles. The summed E-state index contributed by atoms with van der Waals surface area (Å²) in [4.78, 5) is 3.49. The molecule has 2 aromatic carbocycles. The molecule has 0 saturated carbocycles. The van der Waals surface area contributed by atoms with E-state index in [0.717, 1.165) is 22.0 Å². The number of hydrogen-bond acceptors (Lipinski definition) is 7. The standard InChI is InChI=1S/C21H20N4O4S2/c26-31(27,25-8-10-28-11-9-25)16-5-3-4-15(12-16)14-30-21-24-23-20(29-21)18-13-22-19-7-2-1-6-17(18)19/h1-7,12-13,22H,8-11,14H2. The van der Waals surface area contributed by atoms with E-state index in [2.05, 4.69) is 15.2 Å². The monoisotopic (exact) mass is 456 g/mol. The van der Waals surface area contributed by atoms with Gasteiger partial charge in [0.1, 0.15) is 0 Å². The fourth-order valence-electron chi connectivity index (χ4n) is 3.50. The number of ether oxygens (including phenoxy) is 1. The van der Waals surface area contributed by atoms with Gasteiger partial charge in [0.15, 0.2) is 0 Å². The van der Waals surface area contributed by atoms with Gasteiger partial charge < -0.3 is 14.1 Å². The fourth-order valence-corrected chi connectivity index (χ4v) is 5.69. The lowest BCUT2D eigenvalue weighted by atomic mass is 10.2. The minimum absolute atomic E-state index is 0.289. The number of aromatic amines is 1. The Kier molecular flexibility index (Phi) is 5.53. The molecule has 1 fully saturated rings. The number of nitrogens with one attached hydrogen (secondary N) is 1. The van der Waals surface area contributed by atoms with E-state index in [1.807, 2.05) is 36.5 Å². The molecule has 0 aliphatic carbocycles. The number of para-hydroxylation sites is 1. The normalized spacial score (nSPS) is 15.5. The number of rotatable bonds is 6. The van der Waals surface area contributed by atoms with Crippen molar-refractivity contribution in [3.63, 3.8) is 0 Å². The molecule has 1 N–H and O–H groups in total. The van der Waals surface area contributed by atoms with Crippen LogP contribution >= 0.6 is 11.8 Å². The van der Waals surface area contributed by atoms with Gasteiger partial charge in [-0.15, -0.1) is 10.2 Å². The maximum atomic E-state index is 12.9. The Morgan fingerprint density at radius 3 is 2.77 bits per heavy atom. The smallest absolute Gasteiger partial charge is 0.277 e. The summed E-state index contributed by atoms with van der Waals surface area (Å²) in [7, 11) is -3.52. The third-order valence-electron chi connectivity index (χ3n) is 5.09. The van der Waals surface area contributed by atoms with E-state index in [1.54, 1.807) is 18.2 Å². The van der Waals surface area contributed by atoms with Crippen molar-refractivity contribution in [1.82, 2.24) is 19.5 Å². The van der Waals surface area contributed by atoms with E-state index in [0.29, 0.717) is 43.2 Å². The number of nitrogens with zero attached hydrogens (tertiary/aromatic N) is 3.